The summed E-state index contributed by atoms with van der Waals surface area (Å²) in [6.07, 6.45) is 4.68. The van der Waals surface area contributed by atoms with Crippen LogP contribution in [0.4, 0.5) is 4.39 Å². The van der Waals surface area contributed by atoms with Crippen molar-refractivity contribution in [3.05, 3.63) is 51.4 Å². The Morgan fingerprint density at radius 3 is 2.54 bits per heavy atom. The van der Waals surface area contributed by atoms with Crippen LogP contribution >= 0.6 is 22.9 Å². The standard InChI is InChI=1S/C18H22ClFN2O2S2/c19-16-11-15(5-6-17(16)20)26(23,24)21-12-18(14-7-10-25-13-14)22-8-3-1-2-4-9-22/h5-7,10-11,13,18,21H,1-4,8-9,12H2/t18-/m1/s1. The average molecular weight is 417 g/mol. The van der Waals surface area contributed by atoms with Gasteiger partial charge in [0.05, 0.1) is 9.92 Å². The van der Waals surface area contributed by atoms with E-state index in [-0.39, 0.29) is 22.5 Å². The molecule has 1 aromatic carbocycles. The highest BCUT2D eigenvalue weighted by Crippen LogP contribution is 2.26. The number of thiophene rings is 1. The van der Waals surface area contributed by atoms with Gasteiger partial charge in [0.2, 0.25) is 10.0 Å². The van der Waals surface area contributed by atoms with Crippen LogP contribution in [-0.2, 0) is 10.0 Å². The Morgan fingerprint density at radius 1 is 1.19 bits per heavy atom. The van der Waals surface area contributed by atoms with Crippen LogP contribution in [0.15, 0.2) is 39.9 Å². The molecule has 0 spiro atoms. The Hall–Kier alpha value is -0.990. The third kappa shape index (κ3) is 4.84. The van der Waals surface area contributed by atoms with Crippen LogP contribution in [0.3, 0.4) is 0 Å². The molecule has 1 aliphatic rings. The summed E-state index contributed by atoms with van der Waals surface area (Å²) in [4.78, 5) is 2.33. The van der Waals surface area contributed by atoms with E-state index < -0.39 is 15.8 Å². The molecule has 4 nitrogen and oxygen atoms in total. The first-order valence-corrected chi connectivity index (χ1v) is 11.5. The van der Waals surface area contributed by atoms with Gasteiger partial charge in [0.1, 0.15) is 5.82 Å². The molecule has 3 rings (SSSR count). The fourth-order valence-corrected chi connectivity index (χ4v) is 5.26. The quantitative estimate of drug-likeness (QED) is 0.757. The lowest BCUT2D eigenvalue weighted by Gasteiger charge is -2.30. The van der Waals surface area contributed by atoms with Crippen molar-refractivity contribution < 1.29 is 12.8 Å². The van der Waals surface area contributed by atoms with Gasteiger partial charge in [0, 0.05) is 12.6 Å². The highest BCUT2D eigenvalue weighted by Gasteiger charge is 2.25. The number of benzene rings is 1. The van der Waals surface area contributed by atoms with E-state index in [0.29, 0.717) is 0 Å². The van der Waals surface area contributed by atoms with Gasteiger partial charge in [0.25, 0.3) is 0 Å². The molecule has 1 fully saturated rings. The highest BCUT2D eigenvalue weighted by atomic mass is 35.5. The molecular weight excluding hydrogens is 395 g/mol. The molecule has 142 valence electrons. The second-order valence-corrected chi connectivity index (χ2v) is 9.40. The summed E-state index contributed by atoms with van der Waals surface area (Å²) in [5.41, 5.74) is 1.12. The van der Waals surface area contributed by atoms with Crippen LogP contribution in [0.5, 0.6) is 0 Å². The predicted molar refractivity (Wildman–Crippen MR) is 104 cm³/mol. The molecule has 0 bridgehead atoms. The van der Waals surface area contributed by atoms with Gasteiger partial charge in [-0.25, -0.2) is 17.5 Å². The Balaban J connectivity index is 1.77. The van der Waals surface area contributed by atoms with E-state index in [1.54, 1.807) is 11.3 Å². The van der Waals surface area contributed by atoms with Gasteiger partial charge in [0.15, 0.2) is 0 Å². The van der Waals surface area contributed by atoms with Crippen molar-refractivity contribution in [3.8, 4) is 0 Å². The van der Waals surface area contributed by atoms with Crippen LogP contribution in [-0.4, -0.2) is 33.0 Å². The molecule has 0 radical (unpaired) electrons. The van der Waals surface area contributed by atoms with Gasteiger partial charge < -0.3 is 0 Å². The molecule has 1 N–H and O–H groups in total. The monoisotopic (exact) mass is 416 g/mol. The lowest BCUT2D eigenvalue weighted by Crippen LogP contribution is -2.38. The fraction of sp³-hybridized carbons (Fsp3) is 0.444. The molecule has 26 heavy (non-hydrogen) atoms. The lowest BCUT2D eigenvalue weighted by atomic mass is 10.1. The molecule has 0 aliphatic carbocycles. The van der Waals surface area contributed by atoms with Crippen molar-refractivity contribution >= 4 is 33.0 Å². The highest BCUT2D eigenvalue weighted by molar-refractivity contribution is 7.89. The third-order valence-corrected chi connectivity index (χ3v) is 7.09. The second-order valence-electron chi connectivity index (χ2n) is 6.45. The van der Waals surface area contributed by atoms with Gasteiger partial charge in [-0.1, -0.05) is 24.4 Å². The van der Waals surface area contributed by atoms with Crippen LogP contribution in [0, 0.1) is 5.82 Å². The topological polar surface area (TPSA) is 49.4 Å². The largest absolute Gasteiger partial charge is 0.295 e. The molecule has 0 amide bonds. The van der Waals surface area contributed by atoms with Gasteiger partial charge in [-0.3, -0.25) is 4.90 Å². The van der Waals surface area contributed by atoms with E-state index in [1.165, 1.54) is 18.9 Å². The predicted octanol–water partition coefficient (Wildman–Crippen LogP) is 4.44. The number of nitrogens with zero attached hydrogens (tertiary/aromatic N) is 1. The molecule has 1 aliphatic heterocycles. The molecule has 1 atom stereocenters. The number of rotatable bonds is 6. The zero-order chi connectivity index (χ0) is 18.6. The van der Waals surface area contributed by atoms with Gasteiger partial charge in [-0.05, 0) is 66.5 Å². The maximum absolute atomic E-state index is 13.3. The van der Waals surface area contributed by atoms with Crippen LogP contribution in [0.1, 0.15) is 37.3 Å². The van der Waals surface area contributed by atoms with E-state index in [4.69, 9.17) is 11.6 Å². The van der Waals surface area contributed by atoms with Crippen LogP contribution in [0.25, 0.3) is 0 Å². The van der Waals surface area contributed by atoms with E-state index in [1.807, 2.05) is 11.4 Å². The molecule has 1 aromatic heterocycles. The summed E-state index contributed by atoms with van der Waals surface area (Å²) in [6, 6.07) is 5.48. The Bertz CT molecular complexity index is 820. The molecule has 2 heterocycles. The van der Waals surface area contributed by atoms with Gasteiger partial charge in [-0.15, -0.1) is 0 Å². The second kappa shape index (κ2) is 8.80. The summed E-state index contributed by atoms with van der Waals surface area (Å²) >= 11 is 7.34. The minimum Gasteiger partial charge on any atom is -0.295 e. The van der Waals surface area contributed by atoms with E-state index in [9.17, 15) is 12.8 Å². The van der Waals surface area contributed by atoms with Crippen LogP contribution < -0.4 is 4.72 Å². The van der Waals surface area contributed by atoms with Crippen molar-refractivity contribution in [3.63, 3.8) is 0 Å². The molecule has 0 unspecified atom stereocenters. The van der Waals surface area contributed by atoms with Gasteiger partial charge >= 0.3 is 0 Å². The number of hydrogen-bond acceptors (Lipinski definition) is 4. The van der Waals surface area contributed by atoms with E-state index >= 15 is 0 Å². The minimum absolute atomic E-state index is 0.00922. The SMILES string of the molecule is O=S(=O)(NC[C@H](c1ccsc1)N1CCCCCC1)c1ccc(F)c(Cl)c1. The zero-order valence-electron chi connectivity index (χ0n) is 14.3. The van der Waals surface area contributed by atoms with Crippen molar-refractivity contribution in [1.82, 2.24) is 9.62 Å². The number of halogens is 2. The molecule has 2 aromatic rings. The molecule has 1 saturated heterocycles. The van der Waals surface area contributed by atoms with Crippen molar-refractivity contribution in [2.45, 2.75) is 36.6 Å². The van der Waals surface area contributed by atoms with Gasteiger partial charge in [-0.2, -0.15) is 11.3 Å². The van der Waals surface area contributed by atoms with E-state index in [0.717, 1.165) is 43.6 Å². The number of nitrogens with one attached hydrogen (secondary N) is 1. The lowest BCUT2D eigenvalue weighted by molar-refractivity contribution is 0.206. The summed E-state index contributed by atoms with van der Waals surface area (Å²) in [7, 11) is -3.76. The Labute approximate surface area is 163 Å². The molecular formula is C18H22ClFN2O2S2. The Kier molecular flexibility index (Phi) is 6.69. The fourth-order valence-electron chi connectivity index (χ4n) is 3.25. The average Bonchev–Trinajstić information content (AvgIpc) is 3.00. The summed E-state index contributed by atoms with van der Waals surface area (Å²) < 4.78 is 41.2. The molecule has 0 saturated carbocycles. The summed E-state index contributed by atoms with van der Waals surface area (Å²) in [5, 5.41) is 3.88. The Morgan fingerprint density at radius 2 is 1.92 bits per heavy atom. The zero-order valence-corrected chi connectivity index (χ0v) is 16.7. The minimum atomic E-state index is -3.76. The van der Waals surface area contributed by atoms with Crippen LogP contribution in [0.2, 0.25) is 5.02 Å². The number of hydrogen-bond donors (Lipinski definition) is 1. The summed E-state index contributed by atoms with van der Waals surface area (Å²) in [6.45, 7) is 2.20. The van der Waals surface area contributed by atoms with Crippen molar-refractivity contribution in [2.24, 2.45) is 0 Å². The van der Waals surface area contributed by atoms with Crippen molar-refractivity contribution in [2.75, 3.05) is 19.6 Å². The normalized spacial score (nSPS) is 17.8. The summed E-state index contributed by atoms with van der Waals surface area (Å²) in [5.74, 6) is -0.633. The molecule has 8 heteroatoms. The maximum Gasteiger partial charge on any atom is 0.240 e. The number of likely N-dealkylation sites (tertiary alicyclic amines) is 1. The number of sulfonamides is 1. The first-order valence-electron chi connectivity index (χ1n) is 8.68. The first-order chi connectivity index (χ1) is 12.5. The smallest absolute Gasteiger partial charge is 0.240 e. The maximum atomic E-state index is 13.3. The van der Waals surface area contributed by atoms with Crippen molar-refractivity contribution in [1.29, 1.82) is 0 Å². The first kappa shape index (κ1) is 19.8. The third-order valence-electron chi connectivity index (χ3n) is 4.68. The van der Waals surface area contributed by atoms with E-state index in [2.05, 4.69) is 15.0 Å².